The number of esters is 1. The minimum absolute atomic E-state index is 0.00797. The molecule has 0 amide bonds. The van der Waals surface area contributed by atoms with E-state index in [9.17, 15) is 9.59 Å². The molecule has 1 aromatic heterocycles. The fourth-order valence-corrected chi connectivity index (χ4v) is 3.19. The van der Waals surface area contributed by atoms with Gasteiger partial charge in [0.15, 0.2) is 11.5 Å². The Labute approximate surface area is 141 Å². The van der Waals surface area contributed by atoms with Gasteiger partial charge in [-0.05, 0) is 38.2 Å². The van der Waals surface area contributed by atoms with Crippen molar-refractivity contribution in [2.24, 2.45) is 0 Å². The molecule has 0 saturated heterocycles. The number of nitrogens with zero attached hydrogens (tertiary/aromatic N) is 2. The minimum atomic E-state index is -0.495. The molecule has 0 aliphatic heterocycles. The molecule has 0 spiro atoms. The second-order valence-electron chi connectivity index (χ2n) is 5.98. The van der Waals surface area contributed by atoms with Gasteiger partial charge in [-0.3, -0.25) is 9.48 Å². The summed E-state index contributed by atoms with van der Waals surface area (Å²) in [6, 6.07) is 10.3. The predicted octanol–water partition coefficient (Wildman–Crippen LogP) is 3.21. The molecule has 5 heteroatoms. The Hall–Kier alpha value is -2.43. The topological polar surface area (TPSA) is 61.2 Å². The lowest BCUT2D eigenvalue weighted by molar-refractivity contribution is 0.0515. The summed E-state index contributed by atoms with van der Waals surface area (Å²) in [6.45, 7) is 2.73. The van der Waals surface area contributed by atoms with Gasteiger partial charge in [-0.2, -0.15) is 5.10 Å². The first-order valence-electron chi connectivity index (χ1n) is 8.54. The van der Waals surface area contributed by atoms with Gasteiger partial charge in [-0.15, -0.1) is 0 Å². The lowest BCUT2D eigenvalue weighted by atomic mass is 9.94. The molecule has 2 aromatic rings. The summed E-state index contributed by atoms with van der Waals surface area (Å²) >= 11 is 0. The van der Waals surface area contributed by atoms with E-state index in [1.165, 1.54) is 5.56 Å². The van der Waals surface area contributed by atoms with E-state index in [4.69, 9.17) is 4.74 Å². The molecule has 0 radical (unpaired) electrons. The summed E-state index contributed by atoms with van der Waals surface area (Å²) in [6.07, 6.45) is 3.94. The lowest BCUT2D eigenvalue weighted by Crippen LogP contribution is -2.16. The molecule has 0 N–H and O–H groups in total. The van der Waals surface area contributed by atoms with Crippen LogP contribution in [-0.4, -0.2) is 28.1 Å². The maximum absolute atomic E-state index is 12.3. The normalized spacial score (nSPS) is 13.6. The quantitative estimate of drug-likeness (QED) is 0.765. The fourth-order valence-electron chi connectivity index (χ4n) is 3.19. The number of Topliss-reactive ketones (excluding diaryl/α,β-unsaturated/α-hetero) is 1. The third-order valence-corrected chi connectivity index (χ3v) is 4.30. The molecule has 1 aromatic carbocycles. The van der Waals surface area contributed by atoms with Crippen LogP contribution in [0.15, 0.2) is 30.3 Å². The van der Waals surface area contributed by atoms with Crippen LogP contribution in [0.3, 0.4) is 0 Å². The van der Waals surface area contributed by atoms with Crippen LogP contribution < -0.4 is 0 Å². The van der Waals surface area contributed by atoms with Crippen LogP contribution in [0.1, 0.15) is 58.3 Å². The van der Waals surface area contributed by atoms with Crippen molar-refractivity contribution >= 4 is 11.8 Å². The molecule has 0 saturated carbocycles. The Balaban J connectivity index is 1.79. The maximum atomic E-state index is 12.3. The van der Waals surface area contributed by atoms with Crippen LogP contribution >= 0.6 is 0 Å². The van der Waals surface area contributed by atoms with E-state index in [0.717, 1.165) is 31.4 Å². The molecule has 1 aliphatic rings. The Morgan fingerprint density at radius 3 is 2.79 bits per heavy atom. The predicted molar refractivity (Wildman–Crippen MR) is 90.2 cm³/mol. The Morgan fingerprint density at radius 2 is 2.04 bits per heavy atom. The first-order chi connectivity index (χ1) is 11.7. The molecule has 1 heterocycles. The van der Waals surface area contributed by atoms with E-state index >= 15 is 0 Å². The number of ketones is 1. The number of fused-ring (bicyclic) bond motifs is 1. The number of hydrogen-bond acceptors (Lipinski definition) is 4. The van der Waals surface area contributed by atoms with Crippen LogP contribution in [0.4, 0.5) is 0 Å². The zero-order valence-corrected chi connectivity index (χ0v) is 14.0. The highest BCUT2D eigenvalue weighted by Crippen LogP contribution is 2.25. The van der Waals surface area contributed by atoms with Gasteiger partial charge < -0.3 is 4.74 Å². The van der Waals surface area contributed by atoms with Gasteiger partial charge in [0, 0.05) is 13.0 Å². The van der Waals surface area contributed by atoms with E-state index in [2.05, 4.69) is 17.2 Å². The highest BCUT2D eigenvalue weighted by molar-refractivity contribution is 6.06. The minimum Gasteiger partial charge on any atom is -0.461 e. The van der Waals surface area contributed by atoms with Crippen molar-refractivity contribution in [3.05, 3.63) is 52.8 Å². The summed E-state index contributed by atoms with van der Waals surface area (Å²) in [4.78, 5) is 24.4. The summed E-state index contributed by atoms with van der Waals surface area (Å²) in [7, 11) is 0. The van der Waals surface area contributed by atoms with E-state index in [-0.39, 0.29) is 18.1 Å². The van der Waals surface area contributed by atoms with Crippen molar-refractivity contribution in [3.63, 3.8) is 0 Å². The van der Waals surface area contributed by atoms with Crippen LogP contribution in [-0.2, 0) is 24.1 Å². The van der Waals surface area contributed by atoms with Gasteiger partial charge in [0.25, 0.3) is 0 Å². The van der Waals surface area contributed by atoms with Crippen LogP contribution in [0.5, 0.6) is 0 Å². The number of hydrogen-bond donors (Lipinski definition) is 0. The average Bonchev–Trinajstić information content (AvgIpc) is 2.97. The van der Waals surface area contributed by atoms with E-state index in [1.807, 2.05) is 22.9 Å². The van der Waals surface area contributed by atoms with Crippen molar-refractivity contribution in [3.8, 4) is 0 Å². The number of benzene rings is 1. The first kappa shape index (κ1) is 16.4. The van der Waals surface area contributed by atoms with E-state index in [1.54, 1.807) is 6.92 Å². The second kappa shape index (κ2) is 7.43. The summed E-state index contributed by atoms with van der Waals surface area (Å²) < 4.78 is 6.90. The number of rotatable bonds is 6. The van der Waals surface area contributed by atoms with Gasteiger partial charge in [0.1, 0.15) is 0 Å². The fraction of sp³-hybridized carbons (Fsp3) is 0.421. The maximum Gasteiger partial charge on any atom is 0.359 e. The Morgan fingerprint density at radius 1 is 1.25 bits per heavy atom. The highest BCUT2D eigenvalue weighted by atomic mass is 16.5. The largest absolute Gasteiger partial charge is 0.461 e. The molecule has 126 valence electrons. The molecular weight excluding hydrogens is 304 g/mol. The third kappa shape index (κ3) is 3.40. The molecule has 0 unspecified atom stereocenters. The SMILES string of the molecule is CCOC(=O)c1nn(CCCc2ccccc2)c2c1C(=O)CCC2. The number of carbonyl (C=O) groups is 2. The summed E-state index contributed by atoms with van der Waals surface area (Å²) in [5.41, 5.74) is 2.85. The molecular formula is C19H22N2O3. The number of ether oxygens (including phenoxy) is 1. The Bertz CT molecular complexity index is 735. The molecule has 0 atom stereocenters. The van der Waals surface area contributed by atoms with Gasteiger partial charge in [0.2, 0.25) is 0 Å². The van der Waals surface area contributed by atoms with Crippen molar-refractivity contribution in [2.45, 2.75) is 45.6 Å². The van der Waals surface area contributed by atoms with Gasteiger partial charge in [0.05, 0.1) is 17.9 Å². The van der Waals surface area contributed by atoms with Gasteiger partial charge in [-0.1, -0.05) is 30.3 Å². The Kier molecular flexibility index (Phi) is 5.08. The molecule has 24 heavy (non-hydrogen) atoms. The number of aryl methyl sites for hydroxylation is 2. The highest BCUT2D eigenvalue weighted by Gasteiger charge is 2.30. The average molecular weight is 326 g/mol. The molecule has 3 rings (SSSR count). The molecule has 1 aliphatic carbocycles. The van der Waals surface area contributed by atoms with Crippen molar-refractivity contribution in [1.29, 1.82) is 0 Å². The van der Waals surface area contributed by atoms with Crippen molar-refractivity contribution in [2.75, 3.05) is 6.61 Å². The zero-order chi connectivity index (χ0) is 16.9. The molecule has 0 bridgehead atoms. The second-order valence-corrected chi connectivity index (χ2v) is 5.98. The van der Waals surface area contributed by atoms with E-state index < -0.39 is 5.97 Å². The standard InChI is InChI=1S/C19H22N2O3/c1-2-24-19(23)18-17-15(11-6-12-16(17)22)21(20-18)13-7-10-14-8-4-3-5-9-14/h3-5,8-9H,2,6-7,10-13H2,1H3. The smallest absolute Gasteiger partial charge is 0.359 e. The third-order valence-electron chi connectivity index (χ3n) is 4.30. The number of aromatic nitrogens is 2. The van der Waals surface area contributed by atoms with Crippen LogP contribution in [0.25, 0.3) is 0 Å². The first-order valence-corrected chi connectivity index (χ1v) is 8.54. The lowest BCUT2D eigenvalue weighted by Gasteiger charge is -2.13. The van der Waals surface area contributed by atoms with E-state index in [0.29, 0.717) is 18.5 Å². The summed E-state index contributed by atoms with van der Waals surface area (Å²) in [5.74, 6) is -0.487. The van der Waals surface area contributed by atoms with Crippen LogP contribution in [0, 0.1) is 0 Å². The molecule has 0 fully saturated rings. The monoisotopic (exact) mass is 326 g/mol. The molecule has 5 nitrogen and oxygen atoms in total. The van der Waals surface area contributed by atoms with Gasteiger partial charge in [-0.25, -0.2) is 4.79 Å². The van der Waals surface area contributed by atoms with Crippen LogP contribution in [0.2, 0.25) is 0 Å². The zero-order valence-electron chi connectivity index (χ0n) is 14.0. The van der Waals surface area contributed by atoms with Crippen molar-refractivity contribution in [1.82, 2.24) is 9.78 Å². The number of carbonyl (C=O) groups excluding carboxylic acids is 2. The van der Waals surface area contributed by atoms with Crippen molar-refractivity contribution < 1.29 is 14.3 Å². The summed E-state index contributed by atoms with van der Waals surface area (Å²) in [5, 5.41) is 4.41. The van der Waals surface area contributed by atoms with Gasteiger partial charge >= 0.3 is 5.97 Å².